The smallest absolute Gasteiger partial charge is 0.273 e. The Kier molecular flexibility index (Phi) is 3.47. The third-order valence-corrected chi connectivity index (χ3v) is 3.47. The summed E-state index contributed by atoms with van der Waals surface area (Å²) < 4.78 is 5.19. The summed E-state index contributed by atoms with van der Waals surface area (Å²) in [5.41, 5.74) is 6.78. The lowest BCUT2D eigenvalue weighted by Gasteiger charge is -2.14. The van der Waals surface area contributed by atoms with Gasteiger partial charge in [-0.05, 0) is 30.9 Å². The molecule has 1 saturated carbocycles. The Morgan fingerprint density at radius 1 is 1.45 bits per heavy atom. The number of carbonyl (C=O) groups excluding carboxylic acids is 1. The summed E-state index contributed by atoms with van der Waals surface area (Å²) in [5, 5.41) is 6.72. The number of nitrogens with one attached hydrogen (secondary N) is 1. The van der Waals surface area contributed by atoms with Crippen molar-refractivity contribution in [3.63, 3.8) is 0 Å². The summed E-state index contributed by atoms with van der Waals surface area (Å²) in [5.74, 6) is 0.820. The topological polar surface area (TPSA) is 94.0 Å². The Balaban J connectivity index is 1.71. The zero-order valence-corrected chi connectivity index (χ0v) is 11.0. The minimum atomic E-state index is -0.239. The Hall–Kier alpha value is -2.21. The number of pyridine rings is 1. The molecule has 1 fully saturated rings. The molecular formula is C14H16N4O2. The fourth-order valence-corrected chi connectivity index (χ4v) is 2.14. The number of carbonyl (C=O) groups is 1. The molecule has 2 heterocycles. The third kappa shape index (κ3) is 2.70. The molecule has 1 aliphatic rings. The quantitative estimate of drug-likeness (QED) is 0.853. The van der Waals surface area contributed by atoms with Crippen LogP contribution in [0.4, 0.5) is 0 Å². The molecule has 0 aromatic carbocycles. The lowest BCUT2D eigenvalue weighted by molar-refractivity contribution is 0.0924. The zero-order valence-electron chi connectivity index (χ0n) is 11.0. The van der Waals surface area contributed by atoms with Crippen LogP contribution in [-0.2, 0) is 0 Å². The van der Waals surface area contributed by atoms with Crippen LogP contribution in [0.25, 0.3) is 11.3 Å². The normalized spacial score (nSPS) is 15.8. The molecule has 3 rings (SSSR count). The molecule has 1 atom stereocenters. The molecule has 3 N–H and O–H groups in total. The van der Waals surface area contributed by atoms with Crippen molar-refractivity contribution in [2.45, 2.75) is 18.9 Å². The van der Waals surface area contributed by atoms with Crippen LogP contribution in [0.5, 0.6) is 0 Å². The first-order chi connectivity index (χ1) is 9.78. The van der Waals surface area contributed by atoms with Gasteiger partial charge in [-0.25, -0.2) is 0 Å². The Labute approximate surface area is 116 Å². The van der Waals surface area contributed by atoms with Gasteiger partial charge in [0.05, 0.1) is 0 Å². The zero-order chi connectivity index (χ0) is 13.9. The first-order valence-corrected chi connectivity index (χ1v) is 6.66. The second-order valence-corrected chi connectivity index (χ2v) is 4.97. The van der Waals surface area contributed by atoms with Crippen molar-refractivity contribution in [1.29, 1.82) is 0 Å². The van der Waals surface area contributed by atoms with Crippen molar-refractivity contribution in [2.75, 3.05) is 6.54 Å². The van der Waals surface area contributed by atoms with Crippen LogP contribution in [-0.4, -0.2) is 28.6 Å². The maximum Gasteiger partial charge on any atom is 0.273 e. The molecule has 20 heavy (non-hydrogen) atoms. The van der Waals surface area contributed by atoms with Crippen molar-refractivity contribution < 1.29 is 9.32 Å². The molecule has 0 aliphatic heterocycles. The highest BCUT2D eigenvalue weighted by molar-refractivity contribution is 5.93. The van der Waals surface area contributed by atoms with Gasteiger partial charge in [-0.15, -0.1) is 0 Å². The average molecular weight is 272 g/mol. The number of hydrogen-bond donors (Lipinski definition) is 2. The Morgan fingerprint density at radius 2 is 2.20 bits per heavy atom. The van der Waals surface area contributed by atoms with Crippen LogP contribution in [0.15, 0.2) is 35.1 Å². The van der Waals surface area contributed by atoms with Crippen LogP contribution >= 0.6 is 0 Å². The van der Waals surface area contributed by atoms with Gasteiger partial charge in [-0.3, -0.25) is 9.78 Å². The van der Waals surface area contributed by atoms with Gasteiger partial charge in [0.25, 0.3) is 5.91 Å². The predicted octanol–water partition coefficient (Wildman–Crippen LogP) is 1.20. The lowest BCUT2D eigenvalue weighted by Crippen LogP contribution is -2.41. The molecular weight excluding hydrogens is 256 g/mol. The molecule has 6 nitrogen and oxygen atoms in total. The van der Waals surface area contributed by atoms with Crippen LogP contribution in [0.1, 0.15) is 23.3 Å². The third-order valence-electron chi connectivity index (χ3n) is 3.47. The highest BCUT2D eigenvalue weighted by Gasteiger charge is 2.31. The fraction of sp³-hybridized carbons (Fsp3) is 0.357. The molecule has 0 saturated heterocycles. The number of aromatic nitrogens is 2. The van der Waals surface area contributed by atoms with Gasteiger partial charge >= 0.3 is 0 Å². The summed E-state index contributed by atoms with van der Waals surface area (Å²) in [6, 6.07) is 5.26. The summed E-state index contributed by atoms with van der Waals surface area (Å²) in [7, 11) is 0. The van der Waals surface area contributed by atoms with Crippen LogP contribution in [0, 0.1) is 5.92 Å². The Bertz CT molecular complexity index is 592. The lowest BCUT2D eigenvalue weighted by atomic mass is 10.1. The van der Waals surface area contributed by atoms with Gasteiger partial charge in [0.2, 0.25) is 0 Å². The molecule has 2 aromatic heterocycles. The van der Waals surface area contributed by atoms with Crippen LogP contribution < -0.4 is 11.1 Å². The predicted molar refractivity (Wildman–Crippen MR) is 72.8 cm³/mol. The van der Waals surface area contributed by atoms with Gasteiger partial charge in [-0.1, -0.05) is 5.16 Å². The second-order valence-electron chi connectivity index (χ2n) is 4.97. The number of rotatable bonds is 5. The number of nitrogens with zero attached hydrogens (tertiary/aromatic N) is 2. The largest absolute Gasteiger partial charge is 0.355 e. The minimum Gasteiger partial charge on any atom is -0.355 e. The van der Waals surface area contributed by atoms with E-state index in [-0.39, 0.29) is 17.6 Å². The minimum absolute atomic E-state index is 0.0311. The van der Waals surface area contributed by atoms with Gasteiger partial charge in [-0.2, -0.15) is 0 Å². The molecule has 6 heteroatoms. The van der Waals surface area contributed by atoms with E-state index in [9.17, 15) is 4.79 Å². The molecule has 1 unspecified atom stereocenters. The second kappa shape index (κ2) is 5.42. The van der Waals surface area contributed by atoms with E-state index in [1.807, 2.05) is 0 Å². The van der Waals surface area contributed by atoms with Crippen molar-refractivity contribution in [3.8, 4) is 11.3 Å². The van der Waals surface area contributed by atoms with E-state index in [1.54, 1.807) is 30.6 Å². The molecule has 2 aromatic rings. The van der Waals surface area contributed by atoms with Crippen molar-refractivity contribution in [2.24, 2.45) is 11.7 Å². The standard InChI is InChI=1S/C14H16N4O2/c15-8-12(9-1-2-9)17-14(19)11-7-13(20-18-11)10-3-5-16-6-4-10/h3-7,9,12H,1-2,8,15H2,(H,17,19). The van der Waals surface area contributed by atoms with E-state index in [2.05, 4.69) is 15.5 Å². The van der Waals surface area contributed by atoms with Gasteiger partial charge in [0, 0.05) is 36.6 Å². The maximum absolute atomic E-state index is 12.1. The highest BCUT2D eigenvalue weighted by Crippen LogP contribution is 2.32. The summed E-state index contributed by atoms with van der Waals surface area (Å²) in [6.45, 7) is 0.450. The van der Waals surface area contributed by atoms with E-state index < -0.39 is 0 Å². The van der Waals surface area contributed by atoms with Gasteiger partial charge in [0.15, 0.2) is 11.5 Å². The first kappa shape index (κ1) is 12.8. The highest BCUT2D eigenvalue weighted by atomic mass is 16.5. The maximum atomic E-state index is 12.1. The van der Waals surface area contributed by atoms with Crippen molar-refractivity contribution in [1.82, 2.24) is 15.5 Å². The van der Waals surface area contributed by atoms with E-state index in [0.717, 1.165) is 18.4 Å². The summed E-state index contributed by atoms with van der Waals surface area (Å²) >= 11 is 0. The molecule has 0 spiro atoms. The summed E-state index contributed by atoms with van der Waals surface area (Å²) in [4.78, 5) is 16.0. The van der Waals surface area contributed by atoms with E-state index in [0.29, 0.717) is 18.2 Å². The van der Waals surface area contributed by atoms with Crippen molar-refractivity contribution in [3.05, 3.63) is 36.3 Å². The van der Waals surface area contributed by atoms with E-state index in [1.165, 1.54) is 0 Å². The Morgan fingerprint density at radius 3 is 2.85 bits per heavy atom. The molecule has 0 bridgehead atoms. The number of nitrogens with two attached hydrogens (primary N) is 1. The average Bonchev–Trinajstić information content (AvgIpc) is 3.21. The molecule has 1 aliphatic carbocycles. The van der Waals surface area contributed by atoms with Crippen molar-refractivity contribution >= 4 is 5.91 Å². The summed E-state index contributed by atoms with van der Waals surface area (Å²) in [6.07, 6.45) is 5.58. The van der Waals surface area contributed by atoms with E-state index in [4.69, 9.17) is 10.3 Å². The number of hydrogen-bond acceptors (Lipinski definition) is 5. The molecule has 0 radical (unpaired) electrons. The number of amides is 1. The van der Waals surface area contributed by atoms with E-state index >= 15 is 0 Å². The fourth-order valence-electron chi connectivity index (χ4n) is 2.14. The SMILES string of the molecule is NCC(NC(=O)c1cc(-c2ccncc2)on1)C1CC1. The molecule has 1 amide bonds. The monoisotopic (exact) mass is 272 g/mol. The first-order valence-electron chi connectivity index (χ1n) is 6.66. The van der Waals surface area contributed by atoms with Gasteiger partial charge < -0.3 is 15.6 Å². The van der Waals surface area contributed by atoms with Gasteiger partial charge in [0.1, 0.15) is 0 Å². The van der Waals surface area contributed by atoms with Crippen LogP contribution in [0.3, 0.4) is 0 Å². The molecule has 104 valence electrons. The van der Waals surface area contributed by atoms with Crippen LogP contribution in [0.2, 0.25) is 0 Å².